The average Bonchev–Trinajstić information content (AvgIpc) is 2.61. The Hall–Kier alpha value is -2.99. The highest BCUT2D eigenvalue weighted by atomic mass is 16.5. The number of phenolic OH excluding ortho intramolecular Hbond substituents is 1. The predicted octanol–water partition coefficient (Wildman–Crippen LogP) is 3.15. The summed E-state index contributed by atoms with van der Waals surface area (Å²) in [7, 11) is 5.04. The first-order chi connectivity index (χ1) is 12.5. The van der Waals surface area contributed by atoms with E-state index in [1.54, 1.807) is 25.3 Å². The second kappa shape index (κ2) is 7.49. The summed E-state index contributed by atoms with van der Waals surface area (Å²) in [5, 5.41) is 10.8. The average molecular weight is 355 g/mol. The third-order valence-electron chi connectivity index (χ3n) is 4.17. The van der Waals surface area contributed by atoms with Crippen LogP contribution in [0.5, 0.6) is 17.2 Å². The molecule has 3 rings (SSSR count). The van der Waals surface area contributed by atoms with Gasteiger partial charge in [0.2, 0.25) is 0 Å². The fraction of sp³-hybridized carbons (Fsp3) is 0.250. The number of nitrogens with zero attached hydrogens (tertiary/aromatic N) is 1. The third kappa shape index (κ3) is 3.81. The molecular weight excluding hydrogens is 334 g/mol. The Morgan fingerprint density at radius 2 is 1.85 bits per heavy atom. The summed E-state index contributed by atoms with van der Waals surface area (Å²) in [5.74, 6) is 1.19. The second-order valence-corrected chi connectivity index (χ2v) is 6.13. The van der Waals surface area contributed by atoms with Gasteiger partial charge in [0, 0.05) is 30.6 Å². The highest BCUT2D eigenvalue weighted by Gasteiger charge is 2.11. The molecule has 136 valence electrons. The molecule has 0 saturated carbocycles. The molecule has 0 atom stereocenters. The number of aromatic hydroxyl groups is 1. The second-order valence-electron chi connectivity index (χ2n) is 6.13. The zero-order valence-electron chi connectivity index (χ0n) is 15.0. The third-order valence-corrected chi connectivity index (χ3v) is 4.17. The van der Waals surface area contributed by atoms with Crippen molar-refractivity contribution in [3.8, 4) is 17.2 Å². The molecule has 6 nitrogen and oxygen atoms in total. The number of ether oxygens (including phenoxy) is 2. The van der Waals surface area contributed by atoms with Crippen LogP contribution < -0.4 is 15.1 Å². The smallest absolute Gasteiger partial charge is 0.336 e. The molecule has 0 radical (unpaired) electrons. The molecule has 1 N–H and O–H groups in total. The number of hydrogen-bond acceptors (Lipinski definition) is 6. The highest BCUT2D eigenvalue weighted by Crippen LogP contribution is 2.27. The maximum atomic E-state index is 11.9. The first kappa shape index (κ1) is 17.8. The van der Waals surface area contributed by atoms with Gasteiger partial charge in [0.15, 0.2) is 11.5 Å². The zero-order valence-corrected chi connectivity index (χ0v) is 15.0. The Balaban J connectivity index is 1.84. The molecule has 0 unspecified atom stereocenters. The monoisotopic (exact) mass is 355 g/mol. The molecule has 0 spiro atoms. The fourth-order valence-electron chi connectivity index (χ4n) is 2.96. The van der Waals surface area contributed by atoms with E-state index in [1.165, 1.54) is 13.2 Å². The minimum atomic E-state index is -0.392. The van der Waals surface area contributed by atoms with Gasteiger partial charge in [-0.2, -0.15) is 0 Å². The lowest BCUT2D eigenvalue weighted by molar-refractivity contribution is 0.317. The molecular formula is C20H21NO5. The van der Waals surface area contributed by atoms with Crippen LogP contribution in [0.15, 0.2) is 51.7 Å². The predicted molar refractivity (Wildman–Crippen MR) is 98.9 cm³/mol. The van der Waals surface area contributed by atoms with E-state index in [0.717, 1.165) is 16.5 Å². The van der Waals surface area contributed by atoms with Gasteiger partial charge in [-0.3, -0.25) is 4.90 Å². The molecule has 3 aromatic rings. The quantitative estimate of drug-likeness (QED) is 0.685. The Kier molecular flexibility index (Phi) is 5.14. The minimum Gasteiger partial charge on any atom is -0.504 e. The van der Waals surface area contributed by atoms with Gasteiger partial charge in [-0.15, -0.1) is 0 Å². The van der Waals surface area contributed by atoms with E-state index in [9.17, 15) is 9.90 Å². The van der Waals surface area contributed by atoms with Gasteiger partial charge in [0.1, 0.15) is 11.3 Å². The SMILES string of the molecule is COc1ccc2c(CN(C)Cc3ccc(OC)c(O)c3)cc(=O)oc2c1. The van der Waals surface area contributed by atoms with Crippen molar-refractivity contribution in [3.63, 3.8) is 0 Å². The van der Waals surface area contributed by atoms with Gasteiger partial charge in [0.05, 0.1) is 14.2 Å². The van der Waals surface area contributed by atoms with Crippen LogP contribution in [0.2, 0.25) is 0 Å². The summed E-state index contributed by atoms with van der Waals surface area (Å²) >= 11 is 0. The molecule has 0 bridgehead atoms. The standard InChI is InChI=1S/C20H21NO5/c1-21(11-13-4-7-18(25-3)17(22)8-13)12-14-9-20(23)26-19-10-15(24-2)5-6-16(14)19/h4-10,22H,11-12H2,1-3H3. The summed E-state index contributed by atoms with van der Waals surface area (Å²) in [6.07, 6.45) is 0. The molecule has 1 aromatic heterocycles. The van der Waals surface area contributed by atoms with Crippen molar-refractivity contribution in [1.82, 2.24) is 4.90 Å². The van der Waals surface area contributed by atoms with Crippen LogP contribution >= 0.6 is 0 Å². The summed E-state index contributed by atoms with van der Waals surface area (Å²) in [6, 6.07) is 12.3. The Labute approximate surface area is 151 Å². The largest absolute Gasteiger partial charge is 0.504 e. The van der Waals surface area contributed by atoms with Crippen molar-refractivity contribution in [1.29, 1.82) is 0 Å². The van der Waals surface area contributed by atoms with E-state index in [0.29, 0.717) is 30.2 Å². The van der Waals surface area contributed by atoms with E-state index in [4.69, 9.17) is 13.9 Å². The summed E-state index contributed by atoms with van der Waals surface area (Å²) in [5.41, 5.74) is 1.93. The van der Waals surface area contributed by atoms with E-state index < -0.39 is 5.63 Å². The summed E-state index contributed by atoms with van der Waals surface area (Å²) in [6.45, 7) is 1.16. The van der Waals surface area contributed by atoms with Gasteiger partial charge in [-0.25, -0.2) is 4.79 Å². The van der Waals surface area contributed by atoms with Crippen LogP contribution in [0, 0.1) is 0 Å². The molecule has 0 amide bonds. The number of rotatable bonds is 6. The fourth-order valence-corrected chi connectivity index (χ4v) is 2.96. The molecule has 1 heterocycles. The number of methoxy groups -OCH3 is 2. The van der Waals surface area contributed by atoms with Gasteiger partial charge < -0.3 is 19.0 Å². The maximum Gasteiger partial charge on any atom is 0.336 e. The number of benzene rings is 2. The first-order valence-electron chi connectivity index (χ1n) is 8.15. The molecule has 0 aliphatic carbocycles. The highest BCUT2D eigenvalue weighted by molar-refractivity contribution is 5.81. The normalized spacial score (nSPS) is 11.1. The number of phenols is 1. The number of hydrogen-bond donors (Lipinski definition) is 1. The van der Waals surface area contributed by atoms with Crippen molar-refractivity contribution < 1.29 is 19.0 Å². The van der Waals surface area contributed by atoms with Crippen LogP contribution in [0.25, 0.3) is 11.0 Å². The first-order valence-corrected chi connectivity index (χ1v) is 8.15. The zero-order chi connectivity index (χ0) is 18.7. The Morgan fingerprint density at radius 3 is 2.54 bits per heavy atom. The van der Waals surface area contributed by atoms with Crippen LogP contribution in [0.3, 0.4) is 0 Å². The molecule has 0 saturated heterocycles. The molecule has 0 aliphatic rings. The molecule has 2 aromatic carbocycles. The van der Waals surface area contributed by atoms with Crippen molar-refractivity contribution in [3.05, 3.63) is 64.0 Å². The van der Waals surface area contributed by atoms with Crippen molar-refractivity contribution >= 4 is 11.0 Å². The van der Waals surface area contributed by atoms with Gasteiger partial charge in [-0.1, -0.05) is 6.07 Å². The van der Waals surface area contributed by atoms with E-state index in [-0.39, 0.29) is 5.75 Å². The summed E-state index contributed by atoms with van der Waals surface area (Å²) < 4.78 is 15.5. The van der Waals surface area contributed by atoms with E-state index >= 15 is 0 Å². The van der Waals surface area contributed by atoms with E-state index in [2.05, 4.69) is 4.90 Å². The molecule has 0 aliphatic heterocycles. The van der Waals surface area contributed by atoms with Crippen LogP contribution in [-0.4, -0.2) is 31.3 Å². The lowest BCUT2D eigenvalue weighted by atomic mass is 10.1. The topological polar surface area (TPSA) is 72.1 Å². The molecule has 0 fully saturated rings. The van der Waals surface area contributed by atoms with Crippen molar-refractivity contribution in [2.45, 2.75) is 13.1 Å². The van der Waals surface area contributed by atoms with Crippen LogP contribution in [0.4, 0.5) is 0 Å². The Bertz CT molecular complexity index is 980. The van der Waals surface area contributed by atoms with Crippen LogP contribution in [0.1, 0.15) is 11.1 Å². The molecule has 26 heavy (non-hydrogen) atoms. The van der Waals surface area contributed by atoms with Gasteiger partial charge in [-0.05, 0) is 42.4 Å². The van der Waals surface area contributed by atoms with Crippen molar-refractivity contribution in [2.75, 3.05) is 21.3 Å². The number of fused-ring (bicyclic) bond motifs is 1. The van der Waals surface area contributed by atoms with Gasteiger partial charge >= 0.3 is 5.63 Å². The Morgan fingerprint density at radius 1 is 1.04 bits per heavy atom. The van der Waals surface area contributed by atoms with Crippen LogP contribution in [-0.2, 0) is 13.1 Å². The summed E-state index contributed by atoms with van der Waals surface area (Å²) in [4.78, 5) is 13.9. The lowest BCUT2D eigenvalue weighted by Gasteiger charge is -2.18. The molecule has 6 heteroatoms. The maximum absolute atomic E-state index is 11.9. The lowest BCUT2D eigenvalue weighted by Crippen LogP contribution is -2.18. The van der Waals surface area contributed by atoms with Gasteiger partial charge in [0.25, 0.3) is 0 Å². The minimum absolute atomic E-state index is 0.108. The van der Waals surface area contributed by atoms with Crippen molar-refractivity contribution in [2.24, 2.45) is 0 Å². The van der Waals surface area contributed by atoms with E-state index in [1.807, 2.05) is 25.2 Å².